The summed E-state index contributed by atoms with van der Waals surface area (Å²) in [6.45, 7) is 6.51. The first-order valence-corrected chi connectivity index (χ1v) is 30.4. The Hall–Kier alpha value is -3.15. The van der Waals surface area contributed by atoms with E-state index in [1.54, 1.807) is 0 Å². The maximum Gasteiger partial charge on any atom is 0.306 e. The molecule has 0 aromatic heterocycles. The molecule has 0 aliphatic heterocycles. The summed E-state index contributed by atoms with van der Waals surface area (Å²) in [4.78, 5) is 38.2. The number of carbonyl (C=O) groups excluding carboxylic acids is 3. The fourth-order valence-corrected chi connectivity index (χ4v) is 8.64. The highest BCUT2D eigenvalue weighted by Crippen LogP contribution is 2.16. The summed E-state index contributed by atoms with van der Waals surface area (Å²) >= 11 is 0. The van der Waals surface area contributed by atoms with Crippen LogP contribution < -0.4 is 0 Å². The van der Waals surface area contributed by atoms with Crippen LogP contribution in [0.3, 0.4) is 0 Å². The second kappa shape index (κ2) is 59.4. The first kappa shape index (κ1) is 67.8. The zero-order valence-corrected chi connectivity index (χ0v) is 47.0. The quantitative estimate of drug-likeness (QED) is 0.0261. The largest absolute Gasteiger partial charge is 0.462 e. The van der Waals surface area contributed by atoms with Crippen molar-refractivity contribution in [1.82, 2.24) is 0 Å². The summed E-state index contributed by atoms with van der Waals surface area (Å²) in [5.41, 5.74) is 0. The lowest BCUT2D eigenvalue weighted by Gasteiger charge is -2.18. The van der Waals surface area contributed by atoms with E-state index in [0.717, 1.165) is 83.5 Å². The van der Waals surface area contributed by atoms with Gasteiger partial charge in [-0.05, 0) is 89.9 Å². The molecule has 0 aliphatic carbocycles. The number of allylic oxidation sites excluding steroid dienone is 12. The van der Waals surface area contributed by atoms with Crippen LogP contribution in [0, 0.1) is 0 Å². The fourth-order valence-electron chi connectivity index (χ4n) is 8.64. The van der Waals surface area contributed by atoms with Crippen molar-refractivity contribution in [2.45, 2.75) is 309 Å². The molecule has 1 atom stereocenters. The normalized spacial score (nSPS) is 12.5. The van der Waals surface area contributed by atoms with Crippen LogP contribution in [0.25, 0.3) is 0 Å². The lowest BCUT2D eigenvalue weighted by molar-refractivity contribution is -0.167. The van der Waals surface area contributed by atoms with Gasteiger partial charge in [0.05, 0.1) is 0 Å². The number of unbranched alkanes of at least 4 members (excludes halogenated alkanes) is 32. The molecule has 0 amide bonds. The SMILES string of the molecule is CC/C=C\C/C=C\C/C=C\C/C=C\CCCCC(=O)OC(COC(=O)CCCCCCCCCCCCCCC)COC(=O)CCCCCCCCCCCCCCC/C=C\C/C=C\CCCCCCC. The van der Waals surface area contributed by atoms with E-state index in [2.05, 4.69) is 93.7 Å². The minimum Gasteiger partial charge on any atom is -0.462 e. The molecule has 1 unspecified atom stereocenters. The molecule has 71 heavy (non-hydrogen) atoms. The summed E-state index contributed by atoms with van der Waals surface area (Å²) in [5, 5.41) is 0. The van der Waals surface area contributed by atoms with E-state index >= 15 is 0 Å². The first-order chi connectivity index (χ1) is 35.0. The molecule has 0 fully saturated rings. The minimum absolute atomic E-state index is 0.0894. The van der Waals surface area contributed by atoms with Crippen LogP contribution in [0.5, 0.6) is 0 Å². The van der Waals surface area contributed by atoms with E-state index in [1.165, 1.54) is 173 Å². The standard InChI is InChI=1S/C65H114O6/c1-4-7-10-13-16-19-22-25-27-28-29-30-31-32-33-34-35-36-38-40-43-46-49-52-55-58-64(67)70-61-62(60-69-63(66)57-54-51-48-45-42-39-24-21-18-15-12-9-6-3)71-65(68)59-56-53-50-47-44-41-37-26-23-20-17-14-11-8-5-2/h8,11,17,20,22,25-26,28-29,37,44,47,62H,4-7,9-10,12-16,18-19,21,23-24,27,30-36,38-43,45-46,48-61H2,1-3H3/b11-8-,20-17-,25-22-,29-28-,37-26-,47-44-. The van der Waals surface area contributed by atoms with Gasteiger partial charge in [0.1, 0.15) is 13.2 Å². The zero-order chi connectivity index (χ0) is 51.4. The van der Waals surface area contributed by atoms with Crippen molar-refractivity contribution < 1.29 is 28.6 Å². The molecule has 0 spiro atoms. The molecule has 0 N–H and O–H groups in total. The van der Waals surface area contributed by atoms with Crippen LogP contribution in [0.1, 0.15) is 303 Å². The van der Waals surface area contributed by atoms with Crippen LogP contribution in [-0.4, -0.2) is 37.2 Å². The Morgan fingerprint density at radius 1 is 0.296 bits per heavy atom. The average molecular weight is 992 g/mol. The third-order valence-electron chi connectivity index (χ3n) is 13.2. The predicted molar refractivity (Wildman–Crippen MR) is 307 cm³/mol. The van der Waals surface area contributed by atoms with E-state index in [1.807, 2.05) is 0 Å². The van der Waals surface area contributed by atoms with Gasteiger partial charge in [0.2, 0.25) is 0 Å². The van der Waals surface area contributed by atoms with Gasteiger partial charge < -0.3 is 14.2 Å². The van der Waals surface area contributed by atoms with Gasteiger partial charge in [-0.3, -0.25) is 14.4 Å². The molecule has 0 aromatic carbocycles. The molecular formula is C65H114O6. The number of esters is 3. The Balaban J connectivity index is 4.30. The molecule has 0 saturated heterocycles. The van der Waals surface area contributed by atoms with Crippen molar-refractivity contribution in [1.29, 1.82) is 0 Å². The summed E-state index contributed by atoms with van der Waals surface area (Å²) in [6.07, 6.45) is 76.2. The third-order valence-corrected chi connectivity index (χ3v) is 13.2. The Kier molecular flexibility index (Phi) is 56.8. The number of ether oxygens (including phenoxy) is 3. The van der Waals surface area contributed by atoms with Crippen LogP contribution in [0.4, 0.5) is 0 Å². The monoisotopic (exact) mass is 991 g/mol. The highest BCUT2D eigenvalue weighted by Gasteiger charge is 2.19. The molecule has 0 aromatic rings. The van der Waals surface area contributed by atoms with Gasteiger partial charge in [0, 0.05) is 19.3 Å². The van der Waals surface area contributed by atoms with Crippen LogP contribution >= 0.6 is 0 Å². The Morgan fingerprint density at radius 3 is 0.887 bits per heavy atom. The Bertz CT molecular complexity index is 1320. The lowest BCUT2D eigenvalue weighted by atomic mass is 10.0. The maximum atomic E-state index is 12.8. The van der Waals surface area contributed by atoms with Crippen molar-refractivity contribution in [3.8, 4) is 0 Å². The highest BCUT2D eigenvalue weighted by atomic mass is 16.6. The number of rotatable bonds is 55. The molecule has 0 aliphatic rings. The Morgan fingerprint density at radius 2 is 0.549 bits per heavy atom. The Labute approximate surface area is 440 Å². The molecule has 0 saturated carbocycles. The van der Waals surface area contributed by atoms with Crippen molar-refractivity contribution in [3.63, 3.8) is 0 Å². The van der Waals surface area contributed by atoms with Crippen molar-refractivity contribution in [2.24, 2.45) is 0 Å². The highest BCUT2D eigenvalue weighted by molar-refractivity contribution is 5.71. The summed E-state index contributed by atoms with van der Waals surface area (Å²) in [6, 6.07) is 0. The number of carbonyl (C=O) groups is 3. The zero-order valence-electron chi connectivity index (χ0n) is 47.0. The van der Waals surface area contributed by atoms with E-state index in [4.69, 9.17) is 14.2 Å². The van der Waals surface area contributed by atoms with Gasteiger partial charge in [0.15, 0.2) is 6.10 Å². The average Bonchev–Trinajstić information content (AvgIpc) is 3.37. The maximum absolute atomic E-state index is 12.8. The van der Waals surface area contributed by atoms with Crippen LogP contribution in [0.2, 0.25) is 0 Å². The summed E-state index contributed by atoms with van der Waals surface area (Å²) in [7, 11) is 0. The van der Waals surface area contributed by atoms with Gasteiger partial charge in [-0.15, -0.1) is 0 Å². The molecule has 0 heterocycles. The molecule has 6 heteroatoms. The van der Waals surface area contributed by atoms with Gasteiger partial charge in [-0.1, -0.05) is 267 Å². The van der Waals surface area contributed by atoms with Crippen molar-refractivity contribution in [2.75, 3.05) is 13.2 Å². The predicted octanol–water partition coefficient (Wildman–Crippen LogP) is 20.5. The minimum atomic E-state index is -0.795. The topological polar surface area (TPSA) is 78.9 Å². The molecular weight excluding hydrogens is 877 g/mol. The van der Waals surface area contributed by atoms with Crippen molar-refractivity contribution in [3.05, 3.63) is 72.9 Å². The molecule has 410 valence electrons. The summed E-state index contributed by atoms with van der Waals surface area (Å²) < 4.78 is 16.8. The smallest absolute Gasteiger partial charge is 0.306 e. The second-order valence-electron chi connectivity index (χ2n) is 20.2. The van der Waals surface area contributed by atoms with Crippen LogP contribution in [0.15, 0.2) is 72.9 Å². The van der Waals surface area contributed by atoms with E-state index in [9.17, 15) is 14.4 Å². The molecule has 6 nitrogen and oxygen atoms in total. The fraction of sp³-hybridized carbons (Fsp3) is 0.769. The number of hydrogen-bond donors (Lipinski definition) is 0. The third kappa shape index (κ3) is 57.6. The molecule has 0 rings (SSSR count). The van der Waals surface area contributed by atoms with Gasteiger partial charge in [0.25, 0.3) is 0 Å². The van der Waals surface area contributed by atoms with Gasteiger partial charge in [-0.2, -0.15) is 0 Å². The van der Waals surface area contributed by atoms with Gasteiger partial charge in [-0.25, -0.2) is 0 Å². The first-order valence-electron chi connectivity index (χ1n) is 30.4. The summed E-state index contributed by atoms with van der Waals surface area (Å²) in [5.74, 6) is -0.921. The molecule has 0 bridgehead atoms. The van der Waals surface area contributed by atoms with Crippen LogP contribution in [-0.2, 0) is 28.6 Å². The van der Waals surface area contributed by atoms with E-state index in [-0.39, 0.29) is 37.5 Å². The van der Waals surface area contributed by atoms with E-state index in [0.29, 0.717) is 19.3 Å². The second-order valence-corrected chi connectivity index (χ2v) is 20.2. The van der Waals surface area contributed by atoms with E-state index < -0.39 is 6.10 Å². The van der Waals surface area contributed by atoms with Crippen molar-refractivity contribution >= 4 is 17.9 Å². The number of hydrogen-bond acceptors (Lipinski definition) is 6. The molecule has 0 radical (unpaired) electrons. The van der Waals surface area contributed by atoms with Gasteiger partial charge >= 0.3 is 17.9 Å². The lowest BCUT2D eigenvalue weighted by Crippen LogP contribution is -2.30.